The summed E-state index contributed by atoms with van der Waals surface area (Å²) in [4.78, 5) is 31.9. The first kappa shape index (κ1) is 19.9. The number of carbonyl (C=O) groups excluding carboxylic acids is 2. The van der Waals surface area contributed by atoms with Gasteiger partial charge in [-0.2, -0.15) is 0 Å². The van der Waals surface area contributed by atoms with Crippen LogP contribution in [0.2, 0.25) is 5.02 Å². The van der Waals surface area contributed by atoms with E-state index in [0.717, 1.165) is 17.6 Å². The van der Waals surface area contributed by atoms with Gasteiger partial charge in [-0.1, -0.05) is 48.0 Å². The molecule has 0 saturated carbocycles. The highest BCUT2D eigenvalue weighted by atomic mass is 35.5. The SMILES string of the molecule is O=C(Nc1cccc(Cl)c1)C1CC=CCC1C(=O)N1CCc2c([nH]c3ccccc23)C1. The topological polar surface area (TPSA) is 65.2 Å². The average molecular weight is 434 g/mol. The molecule has 2 aliphatic rings. The number of aromatic amines is 1. The summed E-state index contributed by atoms with van der Waals surface area (Å²) in [6, 6.07) is 15.4. The Bertz CT molecular complexity index is 1180. The zero-order valence-electron chi connectivity index (χ0n) is 17.1. The van der Waals surface area contributed by atoms with Crippen molar-refractivity contribution in [1.29, 1.82) is 0 Å². The first-order valence-corrected chi connectivity index (χ1v) is 11.1. The first-order valence-electron chi connectivity index (χ1n) is 10.7. The maximum absolute atomic E-state index is 13.5. The number of hydrogen-bond acceptors (Lipinski definition) is 2. The minimum atomic E-state index is -0.388. The zero-order valence-corrected chi connectivity index (χ0v) is 17.9. The van der Waals surface area contributed by atoms with Crippen LogP contribution in [0.5, 0.6) is 0 Å². The summed E-state index contributed by atoms with van der Waals surface area (Å²) >= 11 is 6.04. The molecule has 1 aliphatic carbocycles. The Balaban J connectivity index is 1.33. The lowest BCUT2D eigenvalue weighted by Crippen LogP contribution is -2.45. The number of anilines is 1. The van der Waals surface area contributed by atoms with Gasteiger partial charge in [0, 0.05) is 33.9 Å². The molecule has 0 spiro atoms. The lowest BCUT2D eigenvalue weighted by atomic mass is 9.81. The molecule has 2 aromatic carbocycles. The number of allylic oxidation sites excluding steroid dienone is 2. The normalized spacial score (nSPS) is 20.5. The second kappa shape index (κ2) is 8.23. The Morgan fingerprint density at radius 3 is 2.68 bits per heavy atom. The number of fused-ring (bicyclic) bond motifs is 3. The summed E-state index contributed by atoms with van der Waals surface area (Å²) < 4.78 is 0. The summed E-state index contributed by atoms with van der Waals surface area (Å²) in [5.41, 5.74) is 4.17. The van der Waals surface area contributed by atoms with E-state index in [2.05, 4.69) is 22.4 Å². The molecule has 2 amide bonds. The maximum atomic E-state index is 13.5. The minimum Gasteiger partial charge on any atom is -0.357 e. The number of nitrogens with zero attached hydrogens (tertiary/aromatic N) is 1. The van der Waals surface area contributed by atoms with Crippen LogP contribution in [0.3, 0.4) is 0 Å². The monoisotopic (exact) mass is 433 g/mol. The van der Waals surface area contributed by atoms with E-state index in [1.54, 1.807) is 24.3 Å². The van der Waals surface area contributed by atoms with Gasteiger partial charge in [0.15, 0.2) is 0 Å². The standard InChI is InChI=1S/C25H24ClN3O2/c26-16-6-5-7-17(14-16)27-24(30)20-9-1-2-10-21(20)25(31)29-13-12-19-18-8-3-4-11-22(18)28-23(19)15-29/h1-8,11,14,20-21,28H,9-10,12-13,15H2,(H,27,30). The van der Waals surface area contributed by atoms with Crippen LogP contribution in [0.4, 0.5) is 5.69 Å². The lowest BCUT2D eigenvalue weighted by molar-refractivity contribution is -0.141. The van der Waals surface area contributed by atoms with E-state index in [9.17, 15) is 9.59 Å². The number of H-pyrrole nitrogens is 1. The van der Waals surface area contributed by atoms with E-state index in [4.69, 9.17) is 11.6 Å². The molecule has 0 fully saturated rings. The first-order chi connectivity index (χ1) is 15.1. The number of amides is 2. The summed E-state index contributed by atoms with van der Waals surface area (Å²) in [5.74, 6) is -0.816. The number of carbonyl (C=O) groups is 2. The molecule has 5 rings (SSSR count). The maximum Gasteiger partial charge on any atom is 0.228 e. The third kappa shape index (κ3) is 3.86. The molecular weight excluding hydrogens is 410 g/mol. The molecule has 2 unspecified atom stereocenters. The van der Waals surface area contributed by atoms with Gasteiger partial charge >= 0.3 is 0 Å². The van der Waals surface area contributed by atoms with Crippen molar-refractivity contribution in [2.45, 2.75) is 25.8 Å². The van der Waals surface area contributed by atoms with Crippen LogP contribution in [0.1, 0.15) is 24.1 Å². The van der Waals surface area contributed by atoms with Crippen molar-refractivity contribution >= 4 is 40.0 Å². The molecule has 1 aliphatic heterocycles. The fourth-order valence-electron chi connectivity index (χ4n) is 4.79. The van der Waals surface area contributed by atoms with Crippen LogP contribution >= 0.6 is 11.6 Å². The van der Waals surface area contributed by atoms with Crippen LogP contribution in [0.15, 0.2) is 60.7 Å². The van der Waals surface area contributed by atoms with Crippen LogP contribution < -0.4 is 5.32 Å². The molecule has 0 saturated heterocycles. The predicted octanol–water partition coefficient (Wildman–Crippen LogP) is 4.93. The van der Waals surface area contributed by atoms with Gasteiger partial charge in [-0.25, -0.2) is 0 Å². The van der Waals surface area contributed by atoms with Crippen LogP contribution in [-0.4, -0.2) is 28.2 Å². The van der Waals surface area contributed by atoms with E-state index in [-0.39, 0.29) is 23.7 Å². The highest BCUT2D eigenvalue weighted by Crippen LogP contribution is 2.32. The molecule has 31 heavy (non-hydrogen) atoms. The summed E-state index contributed by atoms with van der Waals surface area (Å²) in [5, 5.41) is 4.75. The van der Waals surface area contributed by atoms with Gasteiger partial charge < -0.3 is 15.2 Å². The Hall–Kier alpha value is -3.05. The molecule has 0 bridgehead atoms. The van der Waals surface area contributed by atoms with Crippen molar-refractivity contribution in [1.82, 2.24) is 9.88 Å². The van der Waals surface area contributed by atoms with Crippen LogP contribution in [-0.2, 0) is 22.6 Å². The number of para-hydroxylation sites is 1. The van der Waals surface area contributed by atoms with Crippen molar-refractivity contribution in [2.24, 2.45) is 11.8 Å². The molecular formula is C25H24ClN3O2. The van der Waals surface area contributed by atoms with Crippen molar-refractivity contribution in [3.05, 3.63) is 77.0 Å². The number of aromatic nitrogens is 1. The quantitative estimate of drug-likeness (QED) is 0.575. The van der Waals surface area contributed by atoms with Crippen LogP contribution in [0, 0.1) is 11.8 Å². The summed E-state index contributed by atoms with van der Waals surface area (Å²) in [7, 11) is 0. The molecule has 0 radical (unpaired) electrons. The molecule has 6 heteroatoms. The number of rotatable bonds is 3. The molecule has 5 nitrogen and oxygen atoms in total. The number of halogens is 1. The van der Waals surface area contributed by atoms with Crippen molar-refractivity contribution < 1.29 is 9.59 Å². The van der Waals surface area contributed by atoms with Crippen molar-refractivity contribution in [3.63, 3.8) is 0 Å². The van der Waals surface area contributed by atoms with E-state index in [1.165, 1.54) is 10.9 Å². The fourth-order valence-corrected chi connectivity index (χ4v) is 4.98. The molecule has 2 heterocycles. The number of hydrogen-bond donors (Lipinski definition) is 2. The van der Waals surface area contributed by atoms with E-state index >= 15 is 0 Å². The Labute approximate surface area is 186 Å². The average Bonchev–Trinajstić information content (AvgIpc) is 3.16. The highest BCUT2D eigenvalue weighted by molar-refractivity contribution is 6.30. The van der Waals surface area contributed by atoms with Gasteiger partial charge in [0.25, 0.3) is 0 Å². The van der Waals surface area contributed by atoms with E-state index in [0.29, 0.717) is 36.6 Å². The largest absolute Gasteiger partial charge is 0.357 e. The number of benzene rings is 2. The highest BCUT2D eigenvalue weighted by Gasteiger charge is 2.37. The Kier molecular flexibility index (Phi) is 5.28. The van der Waals surface area contributed by atoms with Crippen molar-refractivity contribution in [3.8, 4) is 0 Å². The van der Waals surface area contributed by atoms with Gasteiger partial charge in [0.2, 0.25) is 11.8 Å². The van der Waals surface area contributed by atoms with Gasteiger partial charge in [-0.15, -0.1) is 0 Å². The summed E-state index contributed by atoms with van der Waals surface area (Å²) in [6.45, 7) is 1.24. The molecule has 2 N–H and O–H groups in total. The third-order valence-electron chi connectivity index (χ3n) is 6.37. The summed E-state index contributed by atoms with van der Waals surface area (Å²) in [6.07, 6.45) is 5.99. The Morgan fingerprint density at radius 1 is 1.03 bits per heavy atom. The smallest absolute Gasteiger partial charge is 0.228 e. The van der Waals surface area contributed by atoms with Gasteiger partial charge in [0.1, 0.15) is 0 Å². The second-order valence-electron chi connectivity index (χ2n) is 8.29. The molecule has 1 aromatic heterocycles. The van der Waals surface area contributed by atoms with Gasteiger partial charge in [-0.3, -0.25) is 9.59 Å². The molecule has 158 valence electrons. The van der Waals surface area contributed by atoms with Gasteiger partial charge in [-0.05, 0) is 49.1 Å². The Morgan fingerprint density at radius 2 is 1.84 bits per heavy atom. The predicted molar refractivity (Wildman–Crippen MR) is 123 cm³/mol. The molecule has 3 aromatic rings. The zero-order chi connectivity index (χ0) is 21.4. The fraction of sp³-hybridized carbons (Fsp3) is 0.280. The van der Waals surface area contributed by atoms with E-state index in [1.807, 2.05) is 29.2 Å². The number of nitrogens with one attached hydrogen (secondary N) is 2. The van der Waals surface area contributed by atoms with Crippen LogP contribution in [0.25, 0.3) is 10.9 Å². The van der Waals surface area contributed by atoms with E-state index < -0.39 is 0 Å². The molecule has 2 atom stereocenters. The third-order valence-corrected chi connectivity index (χ3v) is 6.61. The van der Waals surface area contributed by atoms with Gasteiger partial charge in [0.05, 0.1) is 18.4 Å². The van der Waals surface area contributed by atoms with Crippen molar-refractivity contribution in [2.75, 3.05) is 11.9 Å². The second-order valence-corrected chi connectivity index (χ2v) is 8.73. The minimum absolute atomic E-state index is 0.0555. The lowest BCUT2D eigenvalue weighted by Gasteiger charge is -2.34.